The molecular formula is C7H13IO2. The van der Waals surface area contributed by atoms with E-state index < -0.39 is 0 Å². The number of halogens is 1. The largest absolute Gasteiger partial charge is 0.452 e. The van der Waals surface area contributed by atoms with Gasteiger partial charge in [0.15, 0.2) is 4.11 Å². The molecule has 0 N–H and O–H groups in total. The topological polar surface area (TPSA) is 26.3 Å². The van der Waals surface area contributed by atoms with Crippen LogP contribution in [0.4, 0.5) is 0 Å². The van der Waals surface area contributed by atoms with Crippen molar-refractivity contribution in [2.75, 3.05) is 0 Å². The van der Waals surface area contributed by atoms with Crippen molar-refractivity contribution >= 4 is 28.6 Å². The summed E-state index contributed by atoms with van der Waals surface area (Å²) in [5.41, 5.74) is 0. The third-order valence-electron chi connectivity index (χ3n) is 1.08. The number of rotatable bonds is 4. The standard InChI is InChI=1S/C7H13IO2/c1-3-4-5-7(8)10-6(2)9/h7H,3-5H2,1-2H3. The zero-order valence-corrected chi connectivity index (χ0v) is 8.55. The van der Waals surface area contributed by atoms with E-state index in [1.807, 2.05) is 0 Å². The minimum atomic E-state index is -0.185. The number of hydrogen-bond acceptors (Lipinski definition) is 2. The van der Waals surface area contributed by atoms with E-state index in [1.165, 1.54) is 6.92 Å². The maximum absolute atomic E-state index is 10.4. The van der Waals surface area contributed by atoms with Gasteiger partial charge in [-0.1, -0.05) is 13.3 Å². The molecule has 0 fully saturated rings. The van der Waals surface area contributed by atoms with Crippen molar-refractivity contribution in [1.29, 1.82) is 0 Å². The van der Waals surface area contributed by atoms with E-state index in [0.29, 0.717) is 0 Å². The Morgan fingerprint density at radius 2 is 2.30 bits per heavy atom. The second-order valence-electron chi connectivity index (χ2n) is 2.16. The monoisotopic (exact) mass is 256 g/mol. The van der Waals surface area contributed by atoms with Crippen molar-refractivity contribution in [3.63, 3.8) is 0 Å². The lowest BCUT2D eigenvalue weighted by Crippen LogP contribution is -2.08. The summed E-state index contributed by atoms with van der Waals surface area (Å²) in [5, 5.41) is 0. The van der Waals surface area contributed by atoms with Crippen molar-refractivity contribution in [2.45, 2.75) is 37.2 Å². The first-order valence-corrected chi connectivity index (χ1v) is 4.72. The van der Waals surface area contributed by atoms with Gasteiger partial charge in [0.2, 0.25) is 0 Å². The van der Waals surface area contributed by atoms with E-state index in [0.717, 1.165) is 19.3 Å². The van der Waals surface area contributed by atoms with Gasteiger partial charge in [0.25, 0.3) is 0 Å². The molecule has 0 heterocycles. The number of unbranched alkanes of at least 4 members (excludes halogenated alkanes) is 1. The first kappa shape index (κ1) is 10.2. The summed E-state index contributed by atoms with van der Waals surface area (Å²) in [6.45, 7) is 3.56. The molecule has 0 saturated carbocycles. The normalized spacial score (nSPS) is 12.7. The van der Waals surface area contributed by atoms with Crippen LogP contribution in [0.25, 0.3) is 0 Å². The number of carbonyl (C=O) groups is 1. The molecule has 0 spiro atoms. The highest BCUT2D eigenvalue weighted by Gasteiger charge is 2.04. The maximum atomic E-state index is 10.4. The molecule has 0 amide bonds. The van der Waals surface area contributed by atoms with Crippen molar-refractivity contribution < 1.29 is 9.53 Å². The molecule has 2 nitrogen and oxygen atoms in total. The fraction of sp³-hybridized carbons (Fsp3) is 0.857. The van der Waals surface area contributed by atoms with E-state index in [2.05, 4.69) is 29.5 Å². The summed E-state index contributed by atoms with van der Waals surface area (Å²) in [6, 6.07) is 0. The van der Waals surface area contributed by atoms with Crippen LogP contribution in [0.15, 0.2) is 0 Å². The van der Waals surface area contributed by atoms with Crippen LogP contribution in [-0.2, 0) is 9.53 Å². The average molecular weight is 256 g/mol. The molecule has 0 radical (unpaired) electrons. The predicted octanol–water partition coefficient (Wildman–Crippen LogP) is 2.50. The lowest BCUT2D eigenvalue weighted by molar-refractivity contribution is -0.141. The minimum absolute atomic E-state index is 0.0649. The van der Waals surface area contributed by atoms with Crippen LogP contribution in [0.2, 0.25) is 0 Å². The van der Waals surface area contributed by atoms with Crippen LogP contribution in [0.3, 0.4) is 0 Å². The number of alkyl halides is 1. The van der Waals surface area contributed by atoms with Crippen molar-refractivity contribution in [2.24, 2.45) is 0 Å². The Labute approximate surface area is 75.5 Å². The second kappa shape index (κ2) is 5.95. The predicted molar refractivity (Wildman–Crippen MR) is 49.1 cm³/mol. The average Bonchev–Trinajstić information content (AvgIpc) is 1.82. The Balaban J connectivity index is 3.25. The molecule has 1 unspecified atom stereocenters. The van der Waals surface area contributed by atoms with E-state index in [-0.39, 0.29) is 10.1 Å². The molecule has 0 bridgehead atoms. The Bertz CT molecular complexity index is 104. The fourth-order valence-electron chi connectivity index (χ4n) is 0.604. The van der Waals surface area contributed by atoms with Gasteiger partial charge in [0.1, 0.15) is 0 Å². The Kier molecular flexibility index (Phi) is 6.06. The van der Waals surface area contributed by atoms with Gasteiger partial charge in [-0.15, -0.1) is 0 Å². The van der Waals surface area contributed by atoms with Gasteiger partial charge in [0, 0.05) is 6.92 Å². The molecule has 1 atom stereocenters. The fourth-order valence-corrected chi connectivity index (χ4v) is 1.40. The lowest BCUT2D eigenvalue weighted by Gasteiger charge is -2.07. The smallest absolute Gasteiger partial charge is 0.303 e. The second-order valence-corrected chi connectivity index (χ2v) is 3.55. The molecule has 0 aromatic heterocycles. The maximum Gasteiger partial charge on any atom is 0.303 e. The summed E-state index contributed by atoms with van der Waals surface area (Å²) in [7, 11) is 0. The van der Waals surface area contributed by atoms with Gasteiger partial charge in [-0.3, -0.25) is 4.79 Å². The zero-order chi connectivity index (χ0) is 7.98. The molecule has 0 saturated heterocycles. The van der Waals surface area contributed by atoms with Crippen LogP contribution in [0, 0.1) is 0 Å². The lowest BCUT2D eigenvalue weighted by atomic mass is 10.3. The molecule has 10 heavy (non-hydrogen) atoms. The molecule has 0 aliphatic heterocycles. The molecule has 60 valence electrons. The molecule has 0 aliphatic carbocycles. The van der Waals surface area contributed by atoms with E-state index in [1.54, 1.807) is 0 Å². The first-order valence-electron chi connectivity index (χ1n) is 3.48. The van der Waals surface area contributed by atoms with E-state index in [9.17, 15) is 4.79 Å². The van der Waals surface area contributed by atoms with Gasteiger partial charge in [-0.25, -0.2) is 0 Å². The highest BCUT2D eigenvalue weighted by atomic mass is 127. The number of ether oxygens (including phenoxy) is 1. The van der Waals surface area contributed by atoms with Crippen LogP contribution >= 0.6 is 22.6 Å². The SMILES string of the molecule is CCCCC(I)OC(C)=O. The molecule has 0 aromatic rings. The number of hydrogen-bond donors (Lipinski definition) is 0. The van der Waals surface area contributed by atoms with Crippen LogP contribution in [0.5, 0.6) is 0 Å². The van der Waals surface area contributed by atoms with Gasteiger partial charge >= 0.3 is 5.97 Å². The Morgan fingerprint density at radius 1 is 1.70 bits per heavy atom. The molecule has 0 rings (SSSR count). The number of esters is 1. The molecule has 0 aromatic carbocycles. The van der Waals surface area contributed by atoms with Crippen LogP contribution in [0.1, 0.15) is 33.1 Å². The van der Waals surface area contributed by atoms with Gasteiger partial charge in [-0.05, 0) is 35.4 Å². The summed E-state index contributed by atoms with van der Waals surface area (Å²) >= 11 is 2.14. The Hall–Kier alpha value is 0.200. The number of carbonyl (C=O) groups excluding carboxylic acids is 1. The summed E-state index contributed by atoms with van der Waals surface area (Å²) in [6.07, 6.45) is 3.25. The summed E-state index contributed by atoms with van der Waals surface area (Å²) in [4.78, 5) is 10.4. The van der Waals surface area contributed by atoms with E-state index in [4.69, 9.17) is 4.74 Å². The third-order valence-corrected chi connectivity index (χ3v) is 1.96. The zero-order valence-electron chi connectivity index (χ0n) is 6.39. The molecule has 3 heteroatoms. The van der Waals surface area contributed by atoms with Gasteiger partial charge in [0.05, 0.1) is 0 Å². The van der Waals surface area contributed by atoms with Crippen molar-refractivity contribution in [3.05, 3.63) is 0 Å². The highest BCUT2D eigenvalue weighted by Crippen LogP contribution is 2.11. The minimum Gasteiger partial charge on any atom is -0.452 e. The molecule has 0 aliphatic rings. The summed E-state index contributed by atoms with van der Waals surface area (Å²) in [5.74, 6) is -0.185. The highest BCUT2D eigenvalue weighted by molar-refractivity contribution is 14.1. The third kappa shape index (κ3) is 6.32. The van der Waals surface area contributed by atoms with Gasteiger partial charge < -0.3 is 4.74 Å². The molecular weight excluding hydrogens is 243 g/mol. The van der Waals surface area contributed by atoms with Gasteiger partial charge in [-0.2, -0.15) is 0 Å². The summed E-state index contributed by atoms with van der Waals surface area (Å²) < 4.78 is 4.96. The van der Waals surface area contributed by atoms with Crippen LogP contribution < -0.4 is 0 Å². The Morgan fingerprint density at radius 3 is 2.70 bits per heavy atom. The van der Waals surface area contributed by atoms with Crippen molar-refractivity contribution in [3.8, 4) is 0 Å². The van der Waals surface area contributed by atoms with Crippen molar-refractivity contribution in [1.82, 2.24) is 0 Å². The van der Waals surface area contributed by atoms with E-state index >= 15 is 0 Å². The van der Waals surface area contributed by atoms with Crippen LogP contribution in [-0.4, -0.2) is 10.1 Å². The first-order chi connectivity index (χ1) is 4.66. The quantitative estimate of drug-likeness (QED) is 0.439.